The van der Waals surface area contributed by atoms with Crippen LogP contribution in [0, 0.1) is 0 Å². The lowest BCUT2D eigenvalue weighted by Crippen LogP contribution is -2.56. The van der Waals surface area contributed by atoms with Gasteiger partial charge in [0.15, 0.2) is 0 Å². The molecule has 2 heterocycles. The third-order valence-corrected chi connectivity index (χ3v) is 5.89. The largest absolute Gasteiger partial charge is 0.341 e. The van der Waals surface area contributed by atoms with Gasteiger partial charge in [-0.05, 0) is 44.4 Å². The highest BCUT2D eigenvalue weighted by Crippen LogP contribution is 2.17. The highest BCUT2D eigenvalue weighted by Gasteiger charge is 2.30. The molecule has 2 aliphatic heterocycles. The van der Waals surface area contributed by atoms with Crippen molar-refractivity contribution in [2.75, 3.05) is 44.6 Å². The van der Waals surface area contributed by atoms with E-state index in [1.165, 1.54) is 6.42 Å². The van der Waals surface area contributed by atoms with Crippen LogP contribution in [0.2, 0.25) is 0 Å². The minimum atomic E-state index is -0.141. The van der Waals surface area contributed by atoms with Crippen molar-refractivity contribution >= 4 is 23.4 Å². The molecule has 2 fully saturated rings. The van der Waals surface area contributed by atoms with Gasteiger partial charge < -0.3 is 15.1 Å². The molecule has 0 bridgehead atoms. The van der Waals surface area contributed by atoms with Crippen molar-refractivity contribution in [3.05, 3.63) is 29.8 Å². The number of rotatable bonds is 5. The van der Waals surface area contributed by atoms with Crippen molar-refractivity contribution in [2.24, 2.45) is 0 Å². The molecule has 1 N–H and O–H groups in total. The average molecular weight is 401 g/mol. The van der Waals surface area contributed by atoms with Gasteiger partial charge >= 0.3 is 0 Å². The summed E-state index contributed by atoms with van der Waals surface area (Å²) in [4.78, 5) is 43.2. The topological polar surface area (TPSA) is 73.0 Å². The van der Waals surface area contributed by atoms with Gasteiger partial charge in [-0.1, -0.05) is 13.0 Å². The first-order valence-corrected chi connectivity index (χ1v) is 10.7. The third-order valence-electron chi connectivity index (χ3n) is 5.89. The maximum atomic E-state index is 12.9. The number of carbonyl (C=O) groups excluding carboxylic acids is 3. The fourth-order valence-corrected chi connectivity index (χ4v) is 4.01. The van der Waals surface area contributed by atoms with E-state index in [9.17, 15) is 14.4 Å². The SMILES string of the molecule is CCC(=O)Nc1cccc(C(=O)N2CCN(C(C)C(=O)N3CCCCC3)CC2)c1. The van der Waals surface area contributed by atoms with Crippen LogP contribution in [0.25, 0.3) is 0 Å². The summed E-state index contributed by atoms with van der Waals surface area (Å²) in [6.45, 7) is 8.09. The van der Waals surface area contributed by atoms with E-state index in [0.717, 1.165) is 25.9 Å². The summed E-state index contributed by atoms with van der Waals surface area (Å²) in [7, 11) is 0. The zero-order chi connectivity index (χ0) is 20.8. The Balaban J connectivity index is 1.54. The van der Waals surface area contributed by atoms with E-state index in [1.807, 2.05) is 16.7 Å². The molecule has 2 saturated heterocycles. The third kappa shape index (κ3) is 5.35. The fourth-order valence-electron chi connectivity index (χ4n) is 4.01. The molecule has 1 unspecified atom stereocenters. The first kappa shape index (κ1) is 21.3. The van der Waals surface area contributed by atoms with E-state index in [2.05, 4.69) is 10.2 Å². The Hall–Kier alpha value is -2.41. The second-order valence-corrected chi connectivity index (χ2v) is 7.87. The summed E-state index contributed by atoms with van der Waals surface area (Å²) in [5.74, 6) is 0.103. The predicted octanol–water partition coefficient (Wildman–Crippen LogP) is 2.19. The van der Waals surface area contributed by atoms with Crippen molar-refractivity contribution in [2.45, 2.75) is 45.6 Å². The average Bonchev–Trinajstić information content (AvgIpc) is 2.78. The maximum Gasteiger partial charge on any atom is 0.254 e. The second-order valence-electron chi connectivity index (χ2n) is 7.87. The fraction of sp³-hybridized carbons (Fsp3) is 0.591. The van der Waals surface area contributed by atoms with E-state index in [-0.39, 0.29) is 23.8 Å². The van der Waals surface area contributed by atoms with Gasteiger partial charge in [0.1, 0.15) is 0 Å². The molecular weight excluding hydrogens is 368 g/mol. The molecule has 1 atom stereocenters. The molecule has 0 aliphatic carbocycles. The van der Waals surface area contributed by atoms with Crippen LogP contribution in [-0.2, 0) is 9.59 Å². The number of hydrogen-bond acceptors (Lipinski definition) is 4. The van der Waals surface area contributed by atoms with E-state index in [4.69, 9.17) is 0 Å². The Kier molecular flexibility index (Phi) is 7.25. The molecule has 1 aromatic carbocycles. The van der Waals surface area contributed by atoms with Crippen LogP contribution in [0.3, 0.4) is 0 Å². The number of benzene rings is 1. The van der Waals surface area contributed by atoms with Gasteiger partial charge in [0.05, 0.1) is 6.04 Å². The lowest BCUT2D eigenvalue weighted by atomic mass is 10.1. The van der Waals surface area contributed by atoms with Crippen molar-refractivity contribution in [1.82, 2.24) is 14.7 Å². The quantitative estimate of drug-likeness (QED) is 0.822. The van der Waals surface area contributed by atoms with Crippen molar-refractivity contribution < 1.29 is 14.4 Å². The molecule has 3 amide bonds. The van der Waals surface area contributed by atoms with Gasteiger partial charge in [-0.15, -0.1) is 0 Å². The van der Waals surface area contributed by atoms with Crippen LogP contribution in [0.15, 0.2) is 24.3 Å². The van der Waals surface area contributed by atoms with Gasteiger partial charge in [0.25, 0.3) is 5.91 Å². The van der Waals surface area contributed by atoms with Crippen molar-refractivity contribution in [3.8, 4) is 0 Å². The Bertz CT molecular complexity index is 737. The summed E-state index contributed by atoms with van der Waals surface area (Å²) in [5.41, 5.74) is 1.21. The van der Waals surface area contributed by atoms with Crippen molar-refractivity contribution in [1.29, 1.82) is 0 Å². The van der Waals surface area contributed by atoms with Crippen LogP contribution < -0.4 is 5.32 Å². The number of hydrogen-bond donors (Lipinski definition) is 1. The molecule has 0 spiro atoms. The van der Waals surface area contributed by atoms with Crippen LogP contribution >= 0.6 is 0 Å². The molecule has 7 nitrogen and oxygen atoms in total. The van der Waals surface area contributed by atoms with Gasteiger partial charge in [-0.2, -0.15) is 0 Å². The van der Waals surface area contributed by atoms with Gasteiger partial charge in [0, 0.05) is 56.9 Å². The lowest BCUT2D eigenvalue weighted by Gasteiger charge is -2.39. The molecular formula is C22H32N4O3. The minimum Gasteiger partial charge on any atom is -0.341 e. The molecule has 3 rings (SSSR count). The summed E-state index contributed by atoms with van der Waals surface area (Å²) in [5, 5.41) is 2.80. The van der Waals surface area contributed by atoms with E-state index < -0.39 is 0 Å². The maximum absolute atomic E-state index is 12.9. The van der Waals surface area contributed by atoms with Crippen molar-refractivity contribution in [3.63, 3.8) is 0 Å². The minimum absolute atomic E-state index is 0.0349. The molecule has 0 saturated carbocycles. The number of piperidine rings is 1. The van der Waals surface area contributed by atoms with Gasteiger partial charge in [-0.25, -0.2) is 0 Å². The van der Waals surface area contributed by atoms with Crippen LogP contribution in [0.5, 0.6) is 0 Å². The Labute approximate surface area is 173 Å². The molecule has 158 valence electrons. The van der Waals surface area contributed by atoms with Gasteiger partial charge in [-0.3, -0.25) is 19.3 Å². The van der Waals surface area contributed by atoms with Crippen LogP contribution in [0.4, 0.5) is 5.69 Å². The molecule has 0 radical (unpaired) electrons. The molecule has 2 aliphatic rings. The van der Waals surface area contributed by atoms with E-state index in [0.29, 0.717) is 43.9 Å². The number of nitrogens with one attached hydrogen (secondary N) is 1. The molecule has 1 aromatic rings. The van der Waals surface area contributed by atoms with E-state index >= 15 is 0 Å². The standard InChI is InChI=1S/C22H32N4O3/c1-3-20(27)23-19-9-7-8-18(16-19)22(29)26-14-12-24(13-15-26)17(2)21(28)25-10-5-4-6-11-25/h7-9,16-17H,3-6,10-15H2,1-2H3,(H,23,27). The summed E-state index contributed by atoms with van der Waals surface area (Å²) in [6, 6.07) is 6.94. The Morgan fingerprint density at radius 3 is 2.31 bits per heavy atom. The second kappa shape index (κ2) is 9.87. The summed E-state index contributed by atoms with van der Waals surface area (Å²) in [6.07, 6.45) is 3.80. The van der Waals surface area contributed by atoms with Crippen LogP contribution in [0.1, 0.15) is 49.9 Å². The first-order valence-electron chi connectivity index (χ1n) is 10.7. The Morgan fingerprint density at radius 2 is 1.66 bits per heavy atom. The van der Waals surface area contributed by atoms with E-state index in [1.54, 1.807) is 31.2 Å². The molecule has 29 heavy (non-hydrogen) atoms. The highest BCUT2D eigenvalue weighted by molar-refractivity contribution is 5.97. The normalized spacial score (nSPS) is 19.0. The number of carbonyl (C=O) groups is 3. The number of likely N-dealkylation sites (tertiary alicyclic amines) is 1. The zero-order valence-electron chi connectivity index (χ0n) is 17.5. The predicted molar refractivity (Wildman–Crippen MR) is 113 cm³/mol. The first-order chi connectivity index (χ1) is 14.0. The number of piperazine rings is 1. The molecule has 7 heteroatoms. The summed E-state index contributed by atoms with van der Waals surface area (Å²) >= 11 is 0. The number of amides is 3. The molecule has 0 aromatic heterocycles. The monoisotopic (exact) mass is 400 g/mol. The Morgan fingerprint density at radius 1 is 0.966 bits per heavy atom. The zero-order valence-corrected chi connectivity index (χ0v) is 17.5. The highest BCUT2D eigenvalue weighted by atomic mass is 16.2. The van der Waals surface area contributed by atoms with Crippen LogP contribution in [-0.4, -0.2) is 77.7 Å². The van der Waals surface area contributed by atoms with Gasteiger partial charge in [0.2, 0.25) is 11.8 Å². The smallest absolute Gasteiger partial charge is 0.254 e. The number of anilines is 1. The summed E-state index contributed by atoms with van der Waals surface area (Å²) < 4.78 is 0. The number of nitrogens with zero attached hydrogens (tertiary/aromatic N) is 3. The lowest BCUT2D eigenvalue weighted by molar-refractivity contribution is -0.137.